The molecule has 1 spiro atoms. The molecule has 36 heavy (non-hydrogen) atoms. The Labute approximate surface area is 211 Å². The number of imidazole rings is 1. The van der Waals surface area contributed by atoms with Gasteiger partial charge in [-0.2, -0.15) is 0 Å². The standard InChI is InChI=1S/C27H33FN6O2/c1-17(22-13-23(36-5)21(28)14-31-22)34-24(16-32(3)4)27(8-9-27)20-7-6-18(12-19(20)25(34)35)15-33-11-10-30-26(33)29-2/h6-7,10-14,17,24H,8-9,15-16H2,1-5H3,(H,29,30). The monoisotopic (exact) mass is 492 g/mol. The third kappa shape index (κ3) is 4.01. The second-order valence-electron chi connectivity index (χ2n) is 10.1. The Bertz CT molecular complexity index is 1290. The third-order valence-electron chi connectivity index (χ3n) is 7.58. The van der Waals surface area contributed by atoms with Crippen LogP contribution in [0.1, 0.15) is 53.0 Å². The number of nitrogens with zero attached hydrogens (tertiary/aromatic N) is 5. The molecule has 3 aromatic rings. The first-order valence-corrected chi connectivity index (χ1v) is 12.3. The number of benzene rings is 1. The molecule has 1 saturated carbocycles. The van der Waals surface area contributed by atoms with Gasteiger partial charge in [0.25, 0.3) is 5.91 Å². The summed E-state index contributed by atoms with van der Waals surface area (Å²) in [5.41, 5.74) is 3.43. The number of carbonyl (C=O) groups excluding carboxylic acids is 1. The number of amides is 1. The van der Waals surface area contributed by atoms with E-state index in [1.165, 1.54) is 13.3 Å². The molecular formula is C27H33FN6O2. The molecule has 1 aliphatic carbocycles. The van der Waals surface area contributed by atoms with Crippen molar-refractivity contribution in [2.75, 3.05) is 40.1 Å². The first-order chi connectivity index (χ1) is 17.3. The van der Waals surface area contributed by atoms with Crippen LogP contribution in [0.25, 0.3) is 0 Å². The molecule has 1 fully saturated rings. The Morgan fingerprint density at radius 1 is 1.28 bits per heavy atom. The van der Waals surface area contributed by atoms with Crippen molar-refractivity contribution in [1.29, 1.82) is 0 Å². The fourth-order valence-electron chi connectivity index (χ4n) is 5.64. The van der Waals surface area contributed by atoms with E-state index < -0.39 is 5.82 Å². The number of anilines is 1. The fourth-order valence-corrected chi connectivity index (χ4v) is 5.64. The number of pyridine rings is 1. The number of fused-ring (bicyclic) bond motifs is 2. The third-order valence-corrected chi connectivity index (χ3v) is 7.58. The van der Waals surface area contributed by atoms with Gasteiger partial charge >= 0.3 is 0 Å². The van der Waals surface area contributed by atoms with Crippen molar-refractivity contribution in [3.05, 3.63) is 71.1 Å². The van der Waals surface area contributed by atoms with Gasteiger partial charge in [0.2, 0.25) is 5.95 Å². The maximum absolute atomic E-state index is 14.2. The van der Waals surface area contributed by atoms with Gasteiger partial charge in [-0.25, -0.2) is 9.37 Å². The van der Waals surface area contributed by atoms with E-state index in [-0.39, 0.29) is 29.2 Å². The van der Waals surface area contributed by atoms with Crippen molar-refractivity contribution in [2.24, 2.45) is 0 Å². The van der Waals surface area contributed by atoms with Crippen LogP contribution >= 0.6 is 0 Å². The van der Waals surface area contributed by atoms with E-state index in [4.69, 9.17) is 4.74 Å². The summed E-state index contributed by atoms with van der Waals surface area (Å²) in [5.74, 6) is 0.367. The summed E-state index contributed by atoms with van der Waals surface area (Å²) in [6.07, 6.45) is 6.90. The van der Waals surface area contributed by atoms with Crippen molar-refractivity contribution >= 4 is 11.9 Å². The van der Waals surface area contributed by atoms with Crippen LogP contribution in [0.2, 0.25) is 0 Å². The van der Waals surface area contributed by atoms with Gasteiger partial charge in [0.05, 0.1) is 37.6 Å². The molecule has 2 atom stereocenters. The first kappa shape index (κ1) is 24.2. The maximum Gasteiger partial charge on any atom is 0.255 e. The van der Waals surface area contributed by atoms with E-state index >= 15 is 0 Å². The molecule has 3 heterocycles. The minimum Gasteiger partial charge on any atom is -0.494 e. The van der Waals surface area contributed by atoms with Gasteiger partial charge in [0.15, 0.2) is 11.6 Å². The van der Waals surface area contributed by atoms with Crippen LogP contribution in [0, 0.1) is 5.82 Å². The van der Waals surface area contributed by atoms with Crippen molar-refractivity contribution in [1.82, 2.24) is 24.3 Å². The van der Waals surface area contributed by atoms with Gasteiger partial charge in [0.1, 0.15) is 0 Å². The number of aromatic nitrogens is 3. The van der Waals surface area contributed by atoms with E-state index in [1.807, 2.05) is 49.8 Å². The highest BCUT2D eigenvalue weighted by Gasteiger charge is 2.59. The lowest BCUT2D eigenvalue weighted by atomic mass is 9.78. The molecule has 2 aliphatic rings. The maximum atomic E-state index is 14.2. The van der Waals surface area contributed by atoms with E-state index in [1.54, 1.807) is 12.3 Å². The van der Waals surface area contributed by atoms with Crippen molar-refractivity contribution in [2.45, 2.75) is 43.8 Å². The smallest absolute Gasteiger partial charge is 0.255 e. The second kappa shape index (κ2) is 9.20. The normalized spacial score (nSPS) is 18.9. The minimum absolute atomic E-state index is 0.0178. The SMILES string of the molecule is CNc1nccn1Cc1ccc2c(c1)C(=O)N(C(C)c1cc(OC)c(F)cn1)C(CN(C)C)C21CC1. The van der Waals surface area contributed by atoms with Gasteiger partial charge in [-0.3, -0.25) is 9.78 Å². The number of methoxy groups -OCH3 is 1. The fraction of sp³-hybridized carbons (Fsp3) is 0.444. The zero-order valence-electron chi connectivity index (χ0n) is 21.5. The van der Waals surface area contributed by atoms with Gasteiger partial charge in [0, 0.05) is 43.0 Å². The van der Waals surface area contributed by atoms with E-state index in [0.717, 1.165) is 42.0 Å². The number of likely N-dealkylation sites (N-methyl/N-ethyl adjacent to an activating group) is 1. The average molecular weight is 493 g/mol. The zero-order chi connectivity index (χ0) is 25.6. The van der Waals surface area contributed by atoms with Crippen molar-refractivity contribution < 1.29 is 13.9 Å². The summed E-state index contributed by atoms with van der Waals surface area (Å²) >= 11 is 0. The van der Waals surface area contributed by atoms with Crippen molar-refractivity contribution in [3.63, 3.8) is 0 Å². The highest BCUT2D eigenvalue weighted by atomic mass is 19.1. The number of hydrogen-bond acceptors (Lipinski definition) is 6. The van der Waals surface area contributed by atoms with Gasteiger partial charge < -0.3 is 24.4 Å². The van der Waals surface area contributed by atoms with Crippen LogP contribution in [-0.2, 0) is 12.0 Å². The second-order valence-corrected chi connectivity index (χ2v) is 10.1. The zero-order valence-corrected chi connectivity index (χ0v) is 21.5. The quantitative estimate of drug-likeness (QED) is 0.517. The van der Waals surface area contributed by atoms with Crippen LogP contribution < -0.4 is 10.1 Å². The Morgan fingerprint density at radius 3 is 2.72 bits per heavy atom. The van der Waals surface area contributed by atoms with Crippen LogP contribution in [0.3, 0.4) is 0 Å². The van der Waals surface area contributed by atoms with E-state index in [0.29, 0.717) is 12.2 Å². The summed E-state index contributed by atoms with van der Waals surface area (Å²) in [4.78, 5) is 26.9. The van der Waals surface area contributed by atoms with Crippen LogP contribution in [-0.4, -0.2) is 71.1 Å². The number of nitrogens with one attached hydrogen (secondary N) is 1. The Morgan fingerprint density at radius 2 is 2.06 bits per heavy atom. The molecule has 1 aromatic carbocycles. The molecule has 1 aliphatic heterocycles. The number of hydrogen-bond donors (Lipinski definition) is 1. The predicted octanol–water partition coefficient (Wildman–Crippen LogP) is 3.69. The molecular weight excluding hydrogens is 459 g/mol. The first-order valence-electron chi connectivity index (χ1n) is 12.3. The largest absolute Gasteiger partial charge is 0.494 e. The molecule has 1 amide bonds. The Balaban J connectivity index is 1.57. The van der Waals surface area contributed by atoms with Crippen LogP contribution in [0.4, 0.5) is 10.3 Å². The lowest BCUT2D eigenvalue weighted by Crippen LogP contribution is -2.56. The van der Waals surface area contributed by atoms with Gasteiger partial charge in [-0.15, -0.1) is 0 Å². The minimum atomic E-state index is -0.516. The van der Waals surface area contributed by atoms with Gasteiger partial charge in [-0.05, 0) is 51.1 Å². The van der Waals surface area contributed by atoms with Crippen LogP contribution in [0.15, 0.2) is 42.9 Å². The lowest BCUT2D eigenvalue weighted by molar-refractivity contribution is 0.0422. The molecule has 1 N–H and O–H groups in total. The molecule has 2 aromatic heterocycles. The summed E-state index contributed by atoms with van der Waals surface area (Å²) in [5, 5.41) is 3.10. The predicted molar refractivity (Wildman–Crippen MR) is 136 cm³/mol. The summed E-state index contributed by atoms with van der Waals surface area (Å²) in [6, 6.07) is 7.54. The summed E-state index contributed by atoms with van der Waals surface area (Å²) in [6.45, 7) is 3.31. The number of carbonyl (C=O) groups is 1. The lowest BCUT2D eigenvalue weighted by Gasteiger charge is -2.46. The molecule has 0 bridgehead atoms. The van der Waals surface area contributed by atoms with Crippen molar-refractivity contribution in [3.8, 4) is 5.75 Å². The van der Waals surface area contributed by atoms with Crippen LogP contribution in [0.5, 0.6) is 5.75 Å². The summed E-state index contributed by atoms with van der Waals surface area (Å²) in [7, 11) is 7.34. The molecule has 0 saturated heterocycles. The Kier molecular flexibility index (Phi) is 6.20. The molecule has 2 unspecified atom stereocenters. The average Bonchev–Trinajstić information content (AvgIpc) is 3.54. The molecule has 8 nitrogen and oxygen atoms in total. The molecule has 5 rings (SSSR count). The highest BCUT2D eigenvalue weighted by molar-refractivity contribution is 5.98. The van der Waals surface area contributed by atoms with E-state index in [2.05, 4.69) is 32.3 Å². The highest BCUT2D eigenvalue weighted by Crippen LogP contribution is 2.57. The molecule has 190 valence electrons. The topological polar surface area (TPSA) is 75.5 Å². The number of halogens is 1. The molecule has 9 heteroatoms. The number of rotatable bonds is 8. The number of ether oxygens (including phenoxy) is 1. The van der Waals surface area contributed by atoms with Gasteiger partial charge in [-0.1, -0.05) is 12.1 Å². The summed E-state index contributed by atoms with van der Waals surface area (Å²) < 4.78 is 21.3. The van der Waals surface area contributed by atoms with E-state index in [9.17, 15) is 9.18 Å². The Hall–Kier alpha value is -3.46. The molecule has 0 radical (unpaired) electrons.